The monoisotopic (exact) mass is 742 g/mol. The lowest BCUT2D eigenvalue weighted by Crippen LogP contribution is -2.30. The van der Waals surface area contributed by atoms with Crippen molar-refractivity contribution >= 4 is 66.3 Å². The molecule has 8 aromatic carbocycles. The van der Waals surface area contributed by atoms with Gasteiger partial charge in [-0.3, -0.25) is 0 Å². The molecule has 0 aliphatic rings. The van der Waals surface area contributed by atoms with E-state index in [1.165, 1.54) is 32.5 Å². The molecule has 58 heavy (non-hydrogen) atoms. The van der Waals surface area contributed by atoms with Crippen molar-refractivity contribution in [2.75, 3.05) is 0 Å². The van der Waals surface area contributed by atoms with Crippen LogP contribution in [-0.4, -0.2) is 9.13 Å². The number of para-hydroxylation sites is 4. The molecule has 0 aliphatic heterocycles. The minimum absolute atomic E-state index is 0.862. The molecule has 3 heteroatoms. The number of nitrogens with zero attached hydrogens (tertiary/aromatic N) is 2. The lowest BCUT2D eigenvalue weighted by molar-refractivity contribution is 0.666. The van der Waals surface area contributed by atoms with Gasteiger partial charge in [0.15, 0.2) is 5.58 Å². The van der Waals surface area contributed by atoms with Gasteiger partial charge in [-0.2, -0.15) is 0 Å². The number of hydrogen-bond donors (Lipinski definition) is 0. The zero-order valence-corrected chi connectivity index (χ0v) is 32.1. The third-order valence-corrected chi connectivity index (χ3v) is 11.7. The highest BCUT2D eigenvalue weighted by Crippen LogP contribution is 2.43. The maximum absolute atomic E-state index is 6.90. The second-order valence-corrected chi connectivity index (χ2v) is 14.8. The van der Waals surface area contributed by atoms with E-state index in [-0.39, 0.29) is 0 Å². The summed E-state index contributed by atoms with van der Waals surface area (Å²) in [6.45, 7) is 6.60. The van der Waals surface area contributed by atoms with Crippen LogP contribution in [0.1, 0.15) is 12.5 Å². The molecule has 3 nitrogen and oxygen atoms in total. The molecule has 3 heterocycles. The van der Waals surface area contributed by atoms with Crippen LogP contribution >= 0.6 is 0 Å². The molecule has 0 radical (unpaired) electrons. The van der Waals surface area contributed by atoms with Crippen LogP contribution in [-0.2, 0) is 0 Å². The lowest BCUT2D eigenvalue weighted by atomic mass is 9.96. The van der Waals surface area contributed by atoms with Crippen LogP contribution < -0.4 is 10.6 Å². The molecule has 0 amide bonds. The average molecular weight is 743 g/mol. The van der Waals surface area contributed by atoms with Crippen molar-refractivity contribution in [1.82, 2.24) is 9.13 Å². The largest absolute Gasteiger partial charge is 0.454 e. The third-order valence-electron chi connectivity index (χ3n) is 11.7. The van der Waals surface area contributed by atoms with Gasteiger partial charge in [-0.15, -0.1) is 0 Å². The van der Waals surface area contributed by atoms with Crippen molar-refractivity contribution in [2.24, 2.45) is 0 Å². The molecule has 0 N–H and O–H groups in total. The van der Waals surface area contributed by atoms with Crippen LogP contribution in [0.5, 0.6) is 0 Å². The summed E-state index contributed by atoms with van der Waals surface area (Å²) in [6, 6.07) is 67.1. The number of fused-ring (bicyclic) bond motifs is 7. The predicted molar refractivity (Wildman–Crippen MR) is 244 cm³/mol. The molecule has 274 valence electrons. The second kappa shape index (κ2) is 13.5. The van der Waals surface area contributed by atoms with Crippen LogP contribution in [0.2, 0.25) is 0 Å². The van der Waals surface area contributed by atoms with Gasteiger partial charge in [0.2, 0.25) is 0 Å². The quantitative estimate of drug-likeness (QED) is 0.166. The maximum atomic E-state index is 6.90. The zero-order valence-electron chi connectivity index (χ0n) is 32.1. The number of benzene rings is 8. The fourth-order valence-electron chi connectivity index (χ4n) is 9.23. The number of rotatable bonds is 6. The van der Waals surface area contributed by atoms with Crippen molar-refractivity contribution in [2.45, 2.75) is 6.92 Å². The Morgan fingerprint density at radius 1 is 0.500 bits per heavy atom. The fourth-order valence-corrected chi connectivity index (χ4v) is 9.23. The van der Waals surface area contributed by atoms with E-state index >= 15 is 0 Å². The van der Waals surface area contributed by atoms with Gasteiger partial charge in [-0.25, -0.2) is 0 Å². The van der Waals surface area contributed by atoms with Crippen molar-refractivity contribution in [1.29, 1.82) is 0 Å². The zero-order chi connectivity index (χ0) is 38.7. The summed E-state index contributed by atoms with van der Waals surface area (Å²) in [4.78, 5) is 0. The van der Waals surface area contributed by atoms with E-state index in [1.54, 1.807) is 0 Å². The van der Waals surface area contributed by atoms with Gasteiger partial charge in [-0.05, 0) is 82.8 Å². The van der Waals surface area contributed by atoms with Gasteiger partial charge in [0.25, 0.3) is 0 Å². The van der Waals surface area contributed by atoms with Crippen LogP contribution in [0, 0.1) is 0 Å². The minimum Gasteiger partial charge on any atom is -0.454 e. The first-order valence-electron chi connectivity index (χ1n) is 19.8. The summed E-state index contributed by atoms with van der Waals surface area (Å²) in [5.41, 5.74) is 14.2. The summed E-state index contributed by atoms with van der Waals surface area (Å²) < 4.78 is 11.7. The highest BCUT2D eigenvalue weighted by molar-refractivity contribution is 6.18. The molecule has 0 spiro atoms. The van der Waals surface area contributed by atoms with Gasteiger partial charge >= 0.3 is 0 Å². The number of aromatic nitrogens is 2. The smallest absolute Gasteiger partial charge is 0.160 e. The molecule has 3 aromatic heterocycles. The van der Waals surface area contributed by atoms with Crippen molar-refractivity contribution in [3.05, 3.63) is 217 Å². The Bertz CT molecular complexity index is 3510. The number of furan rings is 1. The summed E-state index contributed by atoms with van der Waals surface area (Å²) in [7, 11) is 0. The second-order valence-electron chi connectivity index (χ2n) is 14.8. The Balaban J connectivity index is 1.20. The van der Waals surface area contributed by atoms with E-state index in [4.69, 9.17) is 4.42 Å². The Labute approximate surface area is 336 Å². The first-order chi connectivity index (χ1) is 28.7. The van der Waals surface area contributed by atoms with Gasteiger partial charge < -0.3 is 13.6 Å². The summed E-state index contributed by atoms with van der Waals surface area (Å²) in [6.07, 6.45) is 4.27. The van der Waals surface area contributed by atoms with E-state index in [1.807, 2.05) is 6.08 Å². The van der Waals surface area contributed by atoms with E-state index in [2.05, 4.69) is 217 Å². The molecule has 11 rings (SSSR count). The number of hydrogen-bond acceptors (Lipinski definition) is 1. The summed E-state index contributed by atoms with van der Waals surface area (Å²) >= 11 is 0. The first kappa shape index (κ1) is 33.7. The minimum atomic E-state index is 0.862. The molecule has 0 saturated carbocycles. The molecular formula is C55H38N2O. The van der Waals surface area contributed by atoms with Gasteiger partial charge in [0, 0.05) is 37.8 Å². The maximum Gasteiger partial charge on any atom is 0.160 e. The van der Waals surface area contributed by atoms with Crippen LogP contribution in [0.3, 0.4) is 0 Å². The van der Waals surface area contributed by atoms with E-state index in [0.29, 0.717) is 0 Å². The Hall–Kier alpha value is -7.62. The summed E-state index contributed by atoms with van der Waals surface area (Å²) in [5.74, 6) is 0. The van der Waals surface area contributed by atoms with Gasteiger partial charge in [0.1, 0.15) is 5.58 Å². The molecule has 11 aromatic rings. The van der Waals surface area contributed by atoms with Crippen LogP contribution in [0.15, 0.2) is 205 Å². The lowest BCUT2D eigenvalue weighted by Gasteiger charge is -2.12. The fraction of sp³-hybridized carbons (Fsp3) is 0.0182. The van der Waals surface area contributed by atoms with Crippen LogP contribution in [0.25, 0.3) is 99.9 Å². The molecular weight excluding hydrogens is 705 g/mol. The Morgan fingerprint density at radius 2 is 1.10 bits per heavy atom. The van der Waals surface area contributed by atoms with Crippen LogP contribution in [0.4, 0.5) is 0 Å². The van der Waals surface area contributed by atoms with E-state index < -0.39 is 0 Å². The normalized spacial score (nSPS) is 12.7. The standard InChI is InChI=1S/C55H38N2O/c1-3-40(52-43-22-11-14-26-47(43)56(46(52)4-2)39-20-9-6-10-21-39)42-25-17-28-49-53(42)44-23-12-15-27-48(44)57(49)50-35-34-41(54-45-24-13-16-29-51(45)58-55(50)54)38-32-30-37(31-33-38)36-18-7-5-8-19-36/h3-35H,1H2,2H3/b46-4+,52-40+. The molecule has 0 bridgehead atoms. The Kier molecular flexibility index (Phi) is 7.87. The SMILES string of the molecule is C=C/C(c1cccc2c1c1ccccc1n2-c1ccc(-c2ccc(-c3ccccc3)cc2)c2c1oc1ccccc12)=c1\c(=C/C)n(-c2ccccc2)c2ccccc12. The van der Waals surface area contributed by atoms with Gasteiger partial charge in [-0.1, -0.05) is 164 Å². The average Bonchev–Trinajstić information content (AvgIpc) is 3.96. The molecule has 0 fully saturated rings. The molecule has 0 unspecified atom stereocenters. The van der Waals surface area contributed by atoms with Crippen molar-refractivity contribution in [3.63, 3.8) is 0 Å². The molecule has 0 aliphatic carbocycles. The highest BCUT2D eigenvalue weighted by Gasteiger charge is 2.23. The first-order valence-corrected chi connectivity index (χ1v) is 19.8. The van der Waals surface area contributed by atoms with Gasteiger partial charge in [0.05, 0.1) is 27.6 Å². The third kappa shape index (κ3) is 5.07. The molecule has 0 saturated heterocycles. The topological polar surface area (TPSA) is 23.0 Å². The predicted octanol–water partition coefficient (Wildman–Crippen LogP) is 13.1. The van der Waals surface area contributed by atoms with Crippen molar-refractivity contribution < 1.29 is 4.42 Å². The Morgan fingerprint density at radius 3 is 1.84 bits per heavy atom. The van der Waals surface area contributed by atoms with Crippen molar-refractivity contribution in [3.8, 4) is 33.6 Å². The summed E-state index contributed by atoms with van der Waals surface area (Å²) in [5, 5.41) is 8.05. The highest BCUT2D eigenvalue weighted by atomic mass is 16.3. The van der Waals surface area contributed by atoms with E-state index in [0.717, 1.165) is 77.5 Å². The molecule has 0 atom stereocenters. The van der Waals surface area contributed by atoms with E-state index in [9.17, 15) is 0 Å². The number of allylic oxidation sites excluding steroid dienone is 1.